The molecule has 3 aromatic rings. The molecule has 3 rings (SSSR count). The molecule has 0 unspecified atom stereocenters. The van der Waals surface area contributed by atoms with Crippen molar-refractivity contribution in [2.24, 2.45) is 0 Å². The van der Waals surface area contributed by atoms with Crippen LogP contribution in [-0.2, 0) is 6.54 Å². The van der Waals surface area contributed by atoms with Gasteiger partial charge in [0.2, 0.25) is 0 Å². The SMILES string of the molecule is Cc1ccc(C(=O)Cn2cnc3cc(F)ccc3c2=O)cc1. The summed E-state index contributed by atoms with van der Waals surface area (Å²) < 4.78 is 14.4. The van der Waals surface area contributed by atoms with E-state index in [1.807, 2.05) is 19.1 Å². The number of ketones is 1. The Hall–Kier alpha value is -2.82. The van der Waals surface area contributed by atoms with E-state index in [4.69, 9.17) is 0 Å². The first-order valence-electron chi connectivity index (χ1n) is 6.79. The lowest BCUT2D eigenvalue weighted by atomic mass is 10.1. The van der Waals surface area contributed by atoms with Gasteiger partial charge in [0.05, 0.1) is 23.8 Å². The zero-order valence-corrected chi connectivity index (χ0v) is 11.9. The molecule has 0 radical (unpaired) electrons. The highest BCUT2D eigenvalue weighted by Gasteiger charge is 2.10. The second-order valence-electron chi connectivity index (χ2n) is 5.13. The lowest BCUT2D eigenvalue weighted by molar-refractivity contribution is 0.0970. The van der Waals surface area contributed by atoms with Crippen LogP contribution >= 0.6 is 0 Å². The molecule has 4 nitrogen and oxygen atoms in total. The molecule has 1 heterocycles. The Morgan fingerprint density at radius 2 is 1.91 bits per heavy atom. The minimum Gasteiger partial charge on any atom is -0.292 e. The molecule has 0 spiro atoms. The minimum atomic E-state index is -0.451. The van der Waals surface area contributed by atoms with Crippen LogP contribution in [0.15, 0.2) is 53.6 Å². The molecule has 0 atom stereocenters. The maximum absolute atomic E-state index is 13.1. The van der Waals surface area contributed by atoms with Gasteiger partial charge >= 0.3 is 0 Å². The monoisotopic (exact) mass is 296 g/mol. The number of fused-ring (bicyclic) bond motifs is 1. The standard InChI is InChI=1S/C17H13FN2O2/c1-11-2-4-12(5-3-11)16(21)9-20-10-19-15-8-13(18)6-7-14(15)17(20)22/h2-8,10H,9H2,1H3. The van der Waals surface area contributed by atoms with Crippen LogP contribution in [0.1, 0.15) is 15.9 Å². The van der Waals surface area contributed by atoms with Crippen molar-refractivity contribution in [1.29, 1.82) is 0 Å². The summed E-state index contributed by atoms with van der Waals surface area (Å²) in [6, 6.07) is 10.9. The number of carbonyl (C=O) groups is 1. The summed E-state index contributed by atoms with van der Waals surface area (Å²) in [5.74, 6) is -0.627. The molecule has 0 saturated heterocycles. The van der Waals surface area contributed by atoms with Gasteiger partial charge in [-0.3, -0.25) is 14.2 Å². The van der Waals surface area contributed by atoms with Crippen LogP contribution in [0.4, 0.5) is 4.39 Å². The summed E-state index contributed by atoms with van der Waals surface area (Å²) in [5.41, 5.74) is 1.52. The average molecular weight is 296 g/mol. The van der Waals surface area contributed by atoms with Crippen LogP contribution < -0.4 is 5.56 Å². The van der Waals surface area contributed by atoms with E-state index in [1.54, 1.807) is 12.1 Å². The van der Waals surface area contributed by atoms with Gasteiger partial charge in [0.1, 0.15) is 5.82 Å². The highest BCUT2D eigenvalue weighted by Crippen LogP contribution is 2.09. The number of Topliss-reactive ketones (excluding diaryl/α,β-unsaturated/α-hetero) is 1. The van der Waals surface area contributed by atoms with Crippen molar-refractivity contribution in [3.05, 3.63) is 76.1 Å². The maximum Gasteiger partial charge on any atom is 0.261 e. The molecular formula is C17H13FN2O2. The average Bonchev–Trinajstić information content (AvgIpc) is 2.50. The summed E-state index contributed by atoms with van der Waals surface area (Å²) in [5, 5.41) is 0.292. The van der Waals surface area contributed by atoms with Crippen molar-refractivity contribution >= 4 is 16.7 Å². The number of benzene rings is 2. The number of carbonyl (C=O) groups excluding carboxylic acids is 1. The van der Waals surface area contributed by atoms with Crippen molar-refractivity contribution in [3.63, 3.8) is 0 Å². The zero-order chi connectivity index (χ0) is 15.7. The van der Waals surface area contributed by atoms with E-state index in [9.17, 15) is 14.0 Å². The highest BCUT2D eigenvalue weighted by molar-refractivity contribution is 5.96. The first-order valence-corrected chi connectivity index (χ1v) is 6.79. The predicted octanol–water partition coefficient (Wildman–Crippen LogP) is 2.73. The number of halogens is 1. The molecule has 0 amide bonds. The summed E-state index contributed by atoms with van der Waals surface area (Å²) >= 11 is 0. The van der Waals surface area contributed by atoms with Crippen molar-refractivity contribution in [3.8, 4) is 0 Å². The van der Waals surface area contributed by atoms with Crippen molar-refractivity contribution in [1.82, 2.24) is 9.55 Å². The normalized spacial score (nSPS) is 10.8. The third kappa shape index (κ3) is 2.65. The van der Waals surface area contributed by atoms with E-state index in [0.29, 0.717) is 10.9 Å². The predicted molar refractivity (Wildman–Crippen MR) is 81.5 cm³/mol. The van der Waals surface area contributed by atoms with Gasteiger partial charge < -0.3 is 0 Å². The molecule has 0 N–H and O–H groups in total. The summed E-state index contributed by atoms with van der Waals surface area (Å²) in [4.78, 5) is 28.6. The minimum absolute atomic E-state index is 0.0950. The summed E-state index contributed by atoms with van der Waals surface area (Å²) in [6.45, 7) is 1.84. The Bertz CT molecular complexity index is 914. The molecule has 0 aliphatic heterocycles. The first kappa shape index (κ1) is 14.1. The Kier molecular flexibility index (Phi) is 3.55. The molecule has 2 aromatic carbocycles. The Labute approximate surface area is 125 Å². The number of hydrogen-bond donors (Lipinski definition) is 0. The topological polar surface area (TPSA) is 52.0 Å². The van der Waals surface area contributed by atoms with Gasteiger partial charge in [0, 0.05) is 11.6 Å². The molecule has 110 valence electrons. The van der Waals surface area contributed by atoms with E-state index in [0.717, 1.165) is 5.56 Å². The van der Waals surface area contributed by atoms with Crippen LogP contribution in [0.2, 0.25) is 0 Å². The molecule has 0 aliphatic rings. The Morgan fingerprint density at radius 3 is 2.64 bits per heavy atom. The van der Waals surface area contributed by atoms with E-state index in [2.05, 4.69) is 4.98 Å². The number of hydrogen-bond acceptors (Lipinski definition) is 3. The first-order chi connectivity index (χ1) is 10.5. The van der Waals surface area contributed by atoms with Crippen LogP contribution in [0.5, 0.6) is 0 Å². The fourth-order valence-corrected chi connectivity index (χ4v) is 2.23. The summed E-state index contributed by atoms with van der Waals surface area (Å²) in [6.07, 6.45) is 1.27. The maximum atomic E-state index is 13.1. The molecule has 0 fully saturated rings. The third-order valence-corrected chi connectivity index (χ3v) is 3.47. The molecule has 22 heavy (non-hydrogen) atoms. The zero-order valence-electron chi connectivity index (χ0n) is 11.9. The third-order valence-electron chi connectivity index (χ3n) is 3.47. The van der Waals surface area contributed by atoms with Crippen molar-refractivity contribution < 1.29 is 9.18 Å². The van der Waals surface area contributed by atoms with Crippen LogP contribution in [0.3, 0.4) is 0 Å². The van der Waals surface area contributed by atoms with Gasteiger partial charge in [0.25, 0.3) is 5.56 Å². The van der Waals surface area contributed by atoms with E-state index < -0.39 is 5.82 Å². The number of aryl methyl sites for hydroxylation is 1. The highest BCUT2D eigenvalue weighted by atomic mass is 19.1. The molecule has 0 saturated carbocycles. The van der Waals surface area contributed by atoms with Crippen LogP contribution in [0.25, 0.3) is 10.9 Å². The fourth-order valence-electron chi connectivity index (χ4n) is 2.23. The quantitative estimate of drug-likeness (QED) is 0.698. The van der Waals surface area contributed by atoms with E-state index >= 15 is 0 Å². The lowest BCUT2D eigenvalue weighted by Crippen LogP contribution is -2.24. The molecular weight excluding hydrogens is 283 g/mol. The van der Waals surface area contributed by atoms with Gasteiger partial charge in [-0.05, 0) is 19.1 Å². The number of nitrogens with zero attached hydrogens (tertiary/aromatic N) is 2. The molecule has 5 heteroatoms. The summed E-state index contributed by atoms with van der Waals surface area (Å²) in [7, 11) is 0. The fraction of sp³-hybridized carbons (Fsp3) is 0.118. The smallest absolute Gasteiger partial charge is 0.261 e. The van der Waals surface area contributed by atoms with Crippen molar-refractivity contribution in [2.45, 2.75) is 13.5 Å². The van der Waals surface area contributed by atoms with Gasteiger partial charge in [-0.25, -0.2) is 9.37 Å². The van der Waals surface area contributed by atoms with Crippen molar-refractivity contribution in [2.75, 3.05) is 0 Å². The van der Waals surface area contributed by atoms with E-state index in [-0.39, 0.29) is 23.4 Å². The van der Waals surface area contributed by atoms with E-state index in [1.165, 1.54) is 29.1 Å². The molecule has 1 aromatic heterocycles. The molecule has 0 aliphatic carbocycles. The Morgan fingerprint density at radius 1 is 1.18 bits per heavy atom. The largest absolute Gasteiger partial charge is 0.292 e. The van der Waals surface area contributed by atoms with Crippen LogP contribution in [0, 0.1) is 12.7 Å². The van der Waals surface area contributed by atoms with Gasteiger partial charge in [-0.2, -0.15) is 0 Å². The molecule has 0 bridgehead atoms. The number of aromatic nitrogens is 2. The van der Waals surface area contributed by atoms with Gasteiger partial charge in [-0.1, -0.05) is 29.8 Å². The second-order valence-corrected chi connectivity index (χ2v) is 5.13. The Balaban J connectivity index is 1.95. The second kappa shape index (κ2) is 5.52. The van der Waals surface area contributed by atoms with Gasteiger partial charge in [-0.15, -0.1) is 0 Å². The lowest BCUT2D eigenvalue weighted by Gasteiger charge is -2.06. The van der Waals surface area contributed by atoms with Gasteiger partial charge in [0.15, 0.2) is 5.78 Å². The van der Waals surface area contributed by atoms with Crippen LogP contribution in [-0.4, -0.2) is 15.3 Å². The number of rotatable bonds is 3.